The van der Waals surface area contributed by atoms with Crippen LogP contribution in [0.2, 0.25) is 0 Å². The SMILES string of the molecule is Cc1ccc(OC(C)C(=O)NNC(=O)c2ccc3c(c2)OCCO3)c(Br)c1. The highest BCUT2D eigenvalue weighted by Gasteiger charge is 2.18. The Morgan fingerprint density at radius 1 is 1.07 bits per heavy atom. The Kier molecular flexibility index (Phi) is 5.85. The van der Waals surface area contributed by atoms with Gasteiger partial charge in [-0.05, 0) is 65.7 Å². The largest absolute Gasteiger partial charge is 0.486 e. The van der Waals surface area contributed by atoms with Gasteiger partial charge in [-0.3, -0.25) is 20.4 Å². The smallest absolute Gasteiger partial charge is 0.279 e. The first-order valence-corrected chi connectivity index (χ1v) is 9.16. The zero-order valence-electron chi connectivity index (χ0n) is 14.9. The second kappa shape index (κ2) is 8.30. The average Bonchev–Trinajstić information content (AvgIpc) is 2.67. The van der Waals surface area contributed by atoms with Crippen molar-refractivity contribution in [3.05, 3.63) is 52.0 Å². The van der Waals surface area contributed by atoms with Crippen LogP contribution in [0.3, 0.4) is 0 Å². The van der Waals surface area contributed by atoms with Gasteiger partial charge in [0, 0.05) is 5.56 Å². The summed E-state index contributed by atoms with van der Waals surface area (Å²) in [7, 11) is 0. The fraction of sp³-hybridized carbons (Fsp3) is 0.263. The number of benzene rings is 2. The van der Waals surface area contributed by atoms with E-state index in [0.717, 1.165) is 10.0 Å². The van der Waals surface area contributed by atoms with Crippen LogP contribution in [0.4, 0.5) is 0 Å². The summed E-state index contributed by atoms with van der Waals surface area (Å²) in [5.74, 6) is 0.688. The van der Waals surface area contributed by atoms with Gasteiger partial charge >= 0.3 is 0 Å². The van der Waals surface area contributed by atoms with Crippen LogP contribution in [0.1, 0.15) is 22.8 Å². The second-order valence-electron chi connectivity index (χ2n) is 6.00. The summed E-state index contributed by atoms with van der Waals surface area (Å²) in [6.45, 7) is 4.46. The van der Waals surface area contributed by atoms with Crippen molar-refractivity contribution in [1.82, 2.24) is 10.9 Å². The number of hydrogen-bond donors (Lipinski definition) is 2. The van der Waals surface area contributed by atoms with E-state index in [-0.39, 0.29) is 0 Å². The highest BCUT2D eigenvalue weighted by molar-refractivity contribution is 9.10. The van der Waals surface area contributed by atoms with E-state index in [1.165, 1.54) is 0 Å². The molecule has 0 fully saturated rings. The molecule has 2 aromatic carbocycles. The molecule has 27 heavy (non-hydrogen) atoms. The predicted molar refractivity (Wildman–Crippen MR) is 102 cm³/mol. The minimum Gasteiger partial charge on any atom is -0.486 e. The minimum atomic E-state index is -0.801. The molecule has 3 rings (SSSR count). The van der Waals surface area contributed by atoms with Gasteiger partial charge < -0.3 is 14.2 Å². The van der Waals surface area contributed by atoms with Gasteiger partial charge in [0.05, 0.1) is 4.47 Å². The molecule has 0 aliphatic carbocycles. The number of nitrogens with one attached hydrogen (secondary N) is 2. The minimum absolute atomic E-state index is 0.342. The van der Waals surface area contributed by atoms with E-state index in [1.54, 1.807) is 31.2 Å². The molecule has 7 nitrogen and oxygen atoms in total. The first-order valence-electron chi connectivity index (χ1n) is 8.36. The van der Waals surface area contributed by atoms with Gasteiger partial charge in [-0.1, -0.05) is 6.07 Å². The Morgan fingerprint density at radius 3 is 2.56 bits per heavy atom. The summed E-state index contributed by atoms with van der Waals surface area (Å²) >= 11 is 3.40. The normalized spacial score (nSPS) is 13.4. The number of ether oxygens (including phenoxy) is 3. The molecule has 0 saturated carbocycles. The molecule has 1 aliphatic rings. The maximum atomic E-state index is 12.2. The summed E-state index contributed by atoms with van der Waals surface area (Å²) < 4.78 is 17.2. The van der Waals surface area contributed by atoms with Gasteiger partial charge in [-0.25, -0.2) is 0 Å². The molecule has 0 saturated heterocycles. The topological polar surface area (TPSA) is 85.9 Å². The van der Waals surface area contributed by atoms with Crippen molar-refractivity contribution in [1.29, 1.82) is 0 Å². The highest BCUT2D eigenvalue weighted by atomic mass is 79.9. The lowest BCUT2D eigenvalue weighted by atomic mass is 10.2. The van der Waals surface area contributed by atoms with Crippen LogP contribution < -0.4 is 25.1 Å². The van der Waals surface area contributed by atoms with E-state index < -0.39 is 17.9 Å². The van der Waals surface area contributed by atoms with Gasteiger partial charge in [0.2, 0.25) is 0 Å². The van der Waals surface area contributed by atoms with Crippen LogP contribution >= 0.6 is 15.9 Å². The average molecular weight is 435 g/mol. The summed E-state index contributed by atoms with van der Waals surface area (Å²) in [4.78, 5) is 24.4. The third kappa shape index (κ3) is 4.71. The Balaban J connectivity index is 1.55. The predicted octanol–water partition coefficient (Wildman–Crippen LogP) is 2.76. The Labute approximate surface area is 165 Å². The molecule has 2 amide bonds. The van der Waals surface area contributed by atoms with Crippen molar-refractivity contribution in [2.75, 3.05) is 13.2 Å². The Morgan fingerprint density at radius 2 is 1.81 bits per heavy atom. The van der Waals surface area contributed by atoms with Crippen molar-refractivity contribution in [2.24, 2.45) is 0 Å². The molecule has 0 radical (unpaired) electrons. The van der Waals surface area contributed by atoms with Crippen LogP contribution in [0.15, 0.2) is 40.9 Å². The monoisotopic (exact) mass is 434 g/mol. The summed E-state index contributed by atoms with van der Waals surface area (Å²) in [6, 6.07) is 10.4. The Hall–Kier alpha value is -2.74. The van der Waals surface area contributed by atoms with Gasteiger partial charge in [0.1, 0.15) is 19.0 Å². The van der Waals surface area contributed by atoms with E-state index in [1.807, 2.05) is 19.1 Å². The quantitative estimate of drug-likeness (QED) is 0.722. The van der Waals surface area contributed by atoms with Crippen molar-refractivity contribution in [3.8, 4) is 17.2 Å². The third-order valence-corrected chi connectivity index (χ3v) is 4.48. The molecule has 8 heteroatoms. The summed E-state index contributed by atoms with van der Waals surface area (Å²) in [5.41, 5.74) is 6.14. The molecular weight excluding hydrogens is 416 g/mol. The van der Waals surface area contributed by atoms with Crippen LogP contribution in [0.5, 0.6) is 17.2 Å². The molecule has 0 spiro atoms. The first kappa shape index (κ1) is 19.0. The van der Waals surface area contributed by atoms with E-state index >= 15 is 0 Å². The zero-order chi connectivity index (χ0) is 19.4. The molecule has 2 N–H and O–H groups in total. The van der Waals surface area contributed by atoms with Crippen molar-refractivity contribution >= 4 is 27.7 Å². The van der Waals surface area contributed by atoms with Crippen molar-refractivity contribution in [2.45, 2.75) is 20.0 Å². The third-order valence-electron chi connectivity index (χ3n) is 3.86. The van der Waals surface area contributed by atoms with E-state index in [4.69, 9.17) is 14.2 Å². The van der Waals surface area contributed by atoms with E-state index in [9.17, 15) is 9.59 Å². The molecule has 1 heterocycles. The fourth-order valence-electron chi connectivity index (χ4n) is 2.42. The van der Waals surface area contributed by atoms with Crippen LogP contribution in [0.25, 0.3) is 0 Å². The number of hydrazine groups is 1. The molecule has 1 atom stereocenters. The summed E-state index contributed by atoms with van der Waals surface area (Å²) in [5, 5.41) is 0. The van der Waals surface area contributed by atoms with Crippen LogP contribution in [0, 0.1) is 6.92 Å². The maximum Gasteiger partial charge on any atom is 0.279 e. The van der Waals surface area contributed by atoms with Gasteiger partial charge in [0.15, 0.2) is 17.6 Å². The van der Waals surface area contributed by atoms with Crippen molar-refractivity contribution in [3.63, 3.8) is 0 Å². The van der Waals surface area contributed by atoms with Crippen LogP contribution in [-0.4, -0.2) is 31.1 Å². The number of hydrogen-bond acceptors (Lipinski definition) is 5. The first-order chi connectivity index (χ1) is 12.9. The zero-order valence-corrected chi connectivity index (χ0v) is 16.5. The van der Waals surface area contributed by atoms with Crippen LogP contribution in [-0.2, 0) is 4.79 Å². The fourth-order valence-corrected chi connectivity index (χ4v) is 3.01. The standard InChI is InChI=1S/C19H19BrN2O5/c1-11-3-5-15(14(20)9-11)27-12(2)18(23)21-22-19(24)13-4-6-16-17(10-13)26-8-7-25-16/h3-6,9-10,12H,7-8H2,1-2H3,(H,21,23)(H,22,24). The number of rotatable bonds is 4. The number of carbonyl (C=O) groups excluding carboxylic acids is 2. The van der Waals surface area contributed by atoms with Gasteiger partial charge in [-0.15, -0.1) is 0 Å². The lowest BCUT2D eigenvalue weighted by Crippen LogP contribution is -2.47. The molecule has 1 unspecified atom stereocenters. The number of fused-ring (bicyclic) bond motifs is 1. The molecule has 142 valence electrons. The maximum absolute atomic E-state index is 12.2. The number of carbonyl (C=O) groups is 2. The number of amides is 2. The second-order valence-corrected chi connectivity index (χ2v) is 6.85. The van der Waals surface area contributed by atoms with Gasteiger partial charge in [-0.2, -0.15) is 0 Å². The molecule has 0 aromatic heterocycles. The van der Waals surface area contributed by atoms with Gasteiger partial charge in [0.25, 0.3) is 11.8 Å². The van der Waals surface area contributed by atoms with E-state index in [2.05, 4.69) is 26.8 Å². The number of halogens is 1. The summed E-state index contributed by atoms with van der Waals surface area (Å²) in [6.07, 6.45) is -0.801. The molecule has 0 bridgehead atoms. The van der Waals surface area contributed by atoms with Crippen molar-refractivity contribution < 1.29 is 23.8 Å². The number of aryl methyl sites for hydroxylation is 1. The molecule has 1 aliphatic heterocycles. The Bertz CT molecular complexity index is 871. The highest BCUT2D eigenvalue weighted by Crippen LogP contribution is 2.30. The lowest BCUT2D eigenvalue weighted by Gasteiger charge is -2.19. The molecule has 2 aromatic rings. The van der Waals surface area contributed by atoms with E-state index in [0.29, 0.717) is 36.0 Å². The lowest BCUT2D eigenvalue weighted by molar-refractivity contribution is -0.128. The molecular formula is C19H19BrN2O5.